The van der Waals surface area contributed by atoms with Gasteiger partial charge in [-0.05, 0) is 52.7 Å². The zero-order valence-electron chi connectivity index (χ0n) is 20.2. The summed E-state index contributed by atoms with van der Waals surface area (Å²) in [6.07, 6.45) is 1.98. The Bertz CT molecular complexity index is 1240. The first-order valence-electron chi connectivity index (χ1n) is 11.2. The van der Waals surface area contributed by atoms with Crippen LogP contribution in [0.25, 0.3) is 11.3 Å². The summed E-state index contributed by atoms with van der Waals surface area (Å²) < 4.78 is 55.1. The van der Waals surface area contributed by atoms with Crippen LogP contribution in [0.15, 0.2) is 41.4 Å². The quantitative estimate of drug-likeness (QED) is 0.421. The Morgan fingerprint density at radius 3 is 2.57 bits per heavy atom. The smallest absolute Gasteiger partial charge is 0.387 e. The highest BCUT2D eigenvalue weighted by atomic mass is 32.2. The minimum atomic E-state index is -3.07. The zero-order chi connectivity index (χ0) is 26.0. The normalized spacial score (nSPS) is 17.1. The summed E-state index contributed by atoms with van der Waals surface area (Å²) in [5.74, 6) is -0.403. The molecule has 2 heterocycles. The van der Waals surface area contributed by atoms with Gasteiger partial charge in [-0.25, -0.2) is 8.42 Å². The molecular weight excluding hydrogens is 478 g/mol. The van der Waals surface area contributed by atoms with Crippen molar-refractivity contribution in [3.63, 3.8) is 0 Å². The van der Waals surface area contributed by atoms with Crippen molar-refractivity contribution in [2.45, 2.75) is 58.7 Å². The van der Waals surface area contributed by atoms with Crippen molar-refractivity contribution >= 4 is 27.6 Å². The van der Waals surface area contributed by atoms with Crippen molar-refractivity contribution in [3.05, 3.63) is 42.1 Å². The lowest BCUT2D eigenvalue weighted by atomic mass is 9.94. The summed E-state index contributed by atoms with van der Waals surface area (Å²) in [6, 6.07) is 6.18. The number of rotatable bonds is 8. The van der Waals surface area contributed by atoms with E-state index >= 15 is 0 Å². The Morgan fingerprint density at radius 1 is 1.31 bits per heavy atom. The van der Waals surface area contributed by atoms with E-state index in [1.54, 1.807) is 16.8 Å². The van der Waals surface area contributed by atoms with Crippen LogP contribution in [0.3, 0.4) is 0 Å². The minimum absolute atomic E-state index is 0.00397. The lowest BCUT2D eigenvalue weighted by Crippen LogP contribution is -2.51. The molecule has 1 aromatic carbocycles. The Morgan fingerprint density at radius 2 is 1.97 bits per heavy atom. The number of benzene rings is 1. The SMILES string of the molecule is C=C(C=Nc1c(-c2cccc(OC(F)F)c2)nn(C(C)C)c1C)C(=O)NC1(C)CCS(=O)(=O)CC1. The maximum absolute atomic E-state index is 12.7. The first-order chi connectivity index (χ1) is 16.3. The van der Waals surface area contributed by atoms with Crippen LogP contribution in [-0.2, 0) is 14.6 Å². The fourth-order valence-corrected chi connectivity index (χ4v) is 5.58. The van der Waals surface area contributed by atoms with Gasteiger partial charge in [0.15, 0.2) is 0 Å². The van der Waals surface area contributed by atoms with E-state index in [1.165, 1.54) is 18.3 Å². The Kier molecular flexibility index (Phi) is 7.78. The molecule has 0 bridgehead atoms. The van der Waals surface area contributed by atoms with Gasteiger partial charge >= 0.3 is 6.61 Å². The maximum atomic E-state index is 12.7. The third-order valence-electron chi connectivity index (χ3n) is 5.93. The van der Waals surface area contributed by atoms with E-state index in [1.807, 2.05) is 27.7 Å². The van der Waals surface area contributed by atoms with Crippen LogP contribution in [0.1, 0.15) is 45.3 Å². The highest BCUT2D eigenvalue weighted by molar-refractivity contribution is 7.91. The van der Waals surface area contributed by atoms with Gasteiger partial charge in [0.1, 0.15) is 27.0 Å². The van der Waals surface area contributed by atoms with Crippen molar-refractivity contribution in [1.82, 2.24) is 15.1 Å². The van der Waals surface area contributed by atoms with Crippen LogP contribution in [0.5, 0.6) is 5.75 Å². The number of amides is 1. The number of alkyl halides is 2. The van der Waals surface area contributed by atoms with Gasteiger partial charge in [0.05, 0.1) is 22.8 Å². The average Bonchev–Trinajstić information content (AvgIpc) is 3.10. The second-order valence-corrected chi connectivity index (χ2v) is 11.5. The number of nitrogens with one attached hydrogen (secondary N) is 1. The molecule has 1 amide bonds. The molecular formula is C24H30F2N4O4S. The van der Waals surface area contributed by atoms with Gasteiger partial charge in [0, 0.05) is 23.4 Å². The summed E-state index contributed by atoms with van der Waals surface area (Å²) in [5.41, 5.74) is 1.63. The van der Waals surface area contributed by atoms with Crippen LogP contribution in [0.2, 0.25) is 0 Å². The fraction of sp³-hybridized carbons (Fsp3) is 0.458. The number of sulfone groups is 1. The Balaban J connectivity index is 1.86. The maximum Gasteiger partial charge on any atom is 0.387 e. The summed E-state index contributed by atoms with van der Waals surface area (Å²) in [5, 5.41) is 7.49. The number of aliphatic imine (C=N–C) groups is 1. The van der Waals surface area contributed by atoms with Crippen LogP contribution in [0.4, 0.5) is 14.5 Å². The number of carbonyl (C=O) groups is 1. The zero-order valence-corrected chi connectivity index (χ0v) is 21.0. The van der Waals surface area contributed by atoms with Gasteiger partial charge in [0.25, 0.3) is 5.91 Å². The molecule has 1 N–H and O–H groups in total. The Hall–Kier alpha value is -3.08. The fourth-order valence-electron chi connectivity index (χ4n) is 3.85. The summed E-state index contributed by atoms with van der Waals surface area (Å²) in [7, 11) is -3.07. The van der Waals surface area contributed by atoms with E-state index in [0.717, 1.165) is 5.69 Å². The summed E-state index contributed by atoms with van der Waals surface area (Å²) in [6.45, 7) is 8.39. The number of carbonyl (C=O) groups excluding carboxylic acids is 1. The lowest BCUT2D eigenvalue weighted by molar-refractivity contribution is -0.118. The number of hydrogen-bond donors (Lipinski definition) is 1. The van der Waals surface area contributed by atoms with E-state index in [2.05, 4.69) is 26.7 Å². The topological polar surface area (TPSA) is 103 Å². The van der Waals surface area contributed by atoms with E-state index < -0.39 is 27.9 Å². The number of aromatic nitrogens is 2. The van der Waals surface area contributed by atoms with Crippen molar-refractivity contribution in [3.8, 4) is 17.0 Å². The molecule has 190 valence electrons. The second kappa shape index (κ2) is 10.3. The van der Waals surface area contributed by atoms with Crippen molar-refractivity contribution < 1.29 is 26.7 Å². The molecule has 8 nitrogen and oxygen atoms in total. The van der Waals surface area contributed by atoms with Gasteiger partial charge in [-0.1, -0.05) is 18.7 Å². The molecule has 1 aliphatic heterocycles. The molecule has 1 saturated heterocycles. The molecule has 0 radical (unpaired) electrons. The van der Waals surface area contributed by atoms with Crippen molar-refractivity contribution in [1.29, 1.82) is 0 Å². The molecule has 1 aromatic heterocycles. The van der Waals surface area contributed by atoms with Gasteiger partial charge in [-0.2, -0.15) is 13.9 Å². The molecule has 35 heavy (non-hydrogen) atoms. The standard InChI is InChI=1S/C24H30F2N4O4S/c1-15(2)30-17(4)20(21(29-30)18-7-6-8-19(13-18)34-23(25)26)27-14-16(3)22(31)28-24(5)9-11-35(32,33)12-10-24/h6-8,13-15,23H,3,9-12H2,1-2,4-5H3,(H,28,31). The van der Waals surface area contributed by atoms with E-state index in [-0.39, 0.29) is 28.9 Å². The van der Waals surface area contributed by atoms with Crippen LogP contribution >= 0.6 is 0 Å². The van der Waals surface area contributed by atoms with E-state index in [9.17, 15) is 22.0 Å². The Labute approximate surface area is 204 Å². The first-order valence-corrected chi connectivity index (χ1v) is 13.0. The highest BCUT2D eigenvalue weighted by Crippen LogP contribution is 2.35. The van der Waals surface area contributed by atoms with Crippen molar-refractivity contribution in [2.75, 3.05) is 11.5 Å². The predicted molar refractivity (Wildman–Crippen MR) is 131 cm³/mol. The number of hydrogen-bond acceptors (Lipinski definition) is 6. The molecule has 0 saturated carbocycles. The molecule has 0 aliphatic carbocycles. The number of nitrogens with zero attached hydrogens (tertiary/aromatic N) is 3. The molecule has 3 rings (SSSR count). The minimum Gasteiger partial charge on any atom is -0.435 e. The van der Waals surface area contributed by atoms with Gasteiger partial charge in [0.2, 0.25) is 0 Å². The largest absolute Gasteiger partial charge is 0.435 e. The predicted octanol–water partition coefficient (Wildman–Crippen LogP) is 4.38. The summed E-state index contributed by atoms with van der Waals surface area (Å²) in [4.78, 5) is 17.2. The van der Waals surface area contributed by atoms with Gasteiger partial charge in [-0.15, -0.1) is 0 Å². The summed E-state index contributed by atoms with van der Waals surface area (Å²) >= 11 is 0. The molecule has 0 spiro atoms. The molecule has 1 fully saturated rings. The van der Waals surface area contributed by atoms with Crippen LogP contribution < -0.4 is 10.1 Å². The van der Waals surface area contributed by atoms with Crippen LogP contribution in [0, 0.1) is 6.92 Å². The molecule has 11 heteroatoms. The molecule has 0 atom stereocenters. The molecule has 0 unspecified atom stereocenters. The molecule has 1 aliphatic rings. The van der Waals surface area contributed by atoms with Gasteiger partial charge in [-0.3, -0.25) is 14.5 Å². The first kappa shape index (κ1) is 26.5. The third kappa shape index (κ3) is 6.53. The lowest BCUT2D eigenvalue weighted by Gasteiger charge is -2.34. The number of ether oxygens (including phenoxy) is 1. The van der Waals surface area contributed by atoms with Crippen molar-refractivity contribution in [2.24, 2.45) is 4.99 Å². The third-order valence-corrected chi connectivity index (χ3v) is 7.58. The second-order valence-electron chi connectivity index (χ2n) is 9.18. The van der Waals surface area contributed by atoms with Crippen LogP contribution in [-0.4, -0.2) is 54.0 Å². The van der Waals surface area contributed by atoms with E-state index in [0.29, 0.717) is 29.8 Å². The van der Waals surface area contributed by atoms with Gasteiger partial charge < -0.3 is 10.1 Å². The average molecular weight is 509 g/mol. The van der Waals surface area contributed by atoms with E-state index in [4.69, 9.17) is 0 Å². The molecule has 2 aromatic rings. The highest BCUT2D eigenvalue weighted by Gasteiger charge is 2.34. The number of halogens is 2. The monoisotopic (exact) mass is 508 g/mol.